The molecule has 1 heterocycles. The van der Waals surface area contributed by atoms with Crippen LogP contribution in [-0.4, -0.2) is 4.98 Å². The van der Waals surface area contributed by atoms with E-state index in [4.69, 9.17) is 39.2 Å². The van der Waals surface area contributed by atoms with Crippen molar-refractivity contribution in [1.29, 1.82) is 0 Å². The van der Waals surface area contributed by atoms with E-state index in [0.717, 1.165) is 0 Å². The number of oxazole rings is 1. The lowest BCUT2D eigenvalue weighted by Gasteiger charge is -2.03. The minimum atomic E-state index is 0.272. The van der Waals surface area contributed by atoms with E-state index < -0.39 is 0 Å². The highest BCUT2D eigenvalue weighted by Gasteiger charge is 2.14. The Kier molecular flexibility index (Phi) is 3.19. The molecule has 0 bridgehead atoms. The van der Waals surface area contributed by atoms with Gasteiger partial charge in [0.05, 0.1) is 15.9 Å². The molecule has 0 saturated heterocycles. The number of hydrogen-bond donors (Lipinski definition) is 0. The van der Waals surface area contributed by atoms with Gasteiger partial charge in [0.2, 0.25) is 0 Å². The van der Waals surface area contributed by atoms with Crippen molar-refractivity contribution >= 4 is 34.8 Å². The number of nitrogens with zero attached hydrogens (tertiary/aromatic N) is 1. The second-order valence-electron chi connectivity index (χ2n) is 2.86. The van der Waals surface area contributed by atoms with Crippen molar-refractivity contribution in [2.24, 2.45) is 0 Å². The summed E-state index contributed by atoms with van der Waals surface area (Å²) in [6.07, 6.45) is 1.34. The van der Waals surface area contributed by atoms with Crippen LogP contribution in [0.4, 0.5) is 0 Å². The highest BCUT2D eigenvalue weighted by Crippen LogP contribution is 2.35. The summed E-state index contributed by atoms with van der Waals surface area (Å²) in [5.74, 6) is 0.840. The van der Waals surface area contributed by atoms with E-state index in [-0.39, 0.29) is 5.88 Å². The van der Waals surface area contributed by atoms with Gasteiger partial charge in [0.1, 0.15) is 5.69 Å². The van der Waals surface area contributed by atoms with Gasteiger partial charge in [-0.05, 0) is 12.1 Å². The van der Waals surface area contributed by atoms with E-state index in [9.17, 15) is 0 Å². The summed E-state index contributed by atoms with van der Waals surface area (Å²) in [5, 5.41) is 0.924. The average Bonchev–Trinajstić information content (AvgIpc) is 2.70. The molecule has 0 fully saturated rings. The molecule has 0 saturated carbocycles. The van der Waals surface area contributed by atoms with Crippen molar-refractivity contribution in [3.8, 4) is 11.3 Å². The molecule has 1 aromatic carbocycles. The van der Waals surface area contributed by atoms with Gasteiger partial charge in [-0.25, -0.2) is 4.98 Å². The summed E-state index contributed by atoms with van der Waals surface area (Å²) in [7, 11) is 0. The molecule has 5 heteroatoms. The molecule has 0 spiro atoms. The van der Waals surface area contributed by atoms with Crippen LogP contribution in [0.1, 0.15) is 5.69 Å². The zero-order valence-electron chi connectivity index (χ0n) is 7.51. The molecule has 0 atom stereocenters. The zero-order valence-corrected chi connectivity index (χ0v) is 9.77. The highest BCUT2D eigenvalue weighted by atomic mass is 35.5. The standard InChI is InChI=1S/C10H6Cl3NO/c11-4-8-10(15-5-14-8)6-2-1-3-7(12)9(6)13/h1-3,5H,4H2. The van der Waals surface area contributed by atoms with Crippen molar-refractivity contribution in [2.75, 3.05) is 0 Å². The van der Waals surface area contributed by atoms with Crippen LogP contribution < -0.4 is 0 Å². The number of aromatic nitrogens is 1. The summed E-state index contributed by atoms with van der Waals surface area (Å²) < 4.78 is 5.24. The Balaban J connectivity index is 2.59. The fourth-order valence-electron chi connectivity index (χ4n) is 1.26. The van der Waals surface area contributed by atoms with Crippen LogP contribution in [0.2, 0.25) is 10.0 Å². The van der Waals surface area contributed by atoms with E-state index >= 15 is 0 Å². The Morgan fingerprint density at radius 3 is 2.80 bits per heavy atom. The van der Waals surface area contributed by atoms with Gasteiger partial charge in [0.25, 0.3) is 0 Å². The van der Waals surface area contributed by atoms with Crippen molar-refractivity contribution in [3.05, 3.63) is 40.3 Å². The predicted molar refractivity (Wildman–Crippen MR) is 61.5 cm³/mol. The van der Waals surface area contributed by atoms with Crippen LogP contribution in [0.15, 0.2) is 29.0 Å². The topological polar surface area (TPSA) is 26.0 Å². The summed E-state index contributed by atoms with van der Waals surface area (Å²) in [6.45, 7) is 0. The Labute approximate surface area is 102 Å². The molecule has 0 aliphatic heterocycles. The van der Waals surface area contributed by atoms with Gasteiger partial charge in [0.15, 0.2) is 12.2 Å². The van der Waals surface area contributed by atoms with Gasteiger partial charge in [-0.2, -0.15) is 0 Å². The lowest BCUT2D eigenvalue weighted by atomic mass is 10.1. The molecule has 0 aliphatic carbocycles. The minimum absolute atomic E-state index is 0.272. The third kappa shape index (κ3) is 1.98. The molecule has 2 nitrogen and oxygen atoms in total. The monoisotopic (exact) mass is 261 g/mol. The molecular weight excluding hydrogens is 256 g/mol. The van der Waals surface area contributed by atoms with E-state index in [2.05, 4.69) is 4.98 Å². The first-order valence-electron chi connectivity index (χ1n) is 4.16. The molecule has 2 rings (SSSR count). The molecule has 0 radical (unpaired) electrons. The lowest BCUT2D eigenvalue weighted by Crippen LogP contribution is -1.84. The van der Waals surface area contributed by atoms with E-state index in [1.165, 1.54) is 6.39 Å². The van der Waals surface area contributed by atoms with E-state index in [1.807, 2.05) is 6.07 Å². The number of rotatable bonds is 2. The van der Waals surface area contributed by atoms with Gasteiger partial charge in [-0.1, -0.05) is 29.3 Å². The maximum absolute atomic E-state index is 6.05. The summed E-state index contributed by atoms with van der Waals surface area (Å²) >= 11 is 17.7. The van der Waals surface area contributed by atoms with Gasteiger partial charge >= 0.3 is 0 Å². The fraction of sp³-hybridized carbons (Fsp3) is 0.100. The first kappa shape index (κ1) is 10.8. The number of hydrogen-bond acceptors (Lipinski definition) is 2. The Morgan fingerprint density at radius 2 is 2.07 bits per heavy atom. The number of alkyl halides is 1. The van der Waals surface area contributed by atoms with Gasteiger partial charge in [-0.15, -0.1) is 11.6 Å². The maximum atomic E-state index is 6.05. The molecule has 1 aromatic heterocycles. The normalized spacial score (nSPS) is 10.6. The second-order valence-corrected chi connectivity index (χ2v) is 3.92. The van der Waals surface area contributed by atoms with E-state index in [0.29, 0.717) is 27.1 Å². The molecule has 0 N–H and O–H groups in total. The predicted octanol–water partition coefficient (Wildman–Crippen LogP) is 4.39. The summed E-state index contributed by atoms with van der Waals surface area (Å²) in [6, 6.07) is 5.32. The molecular formula is C10H6Cl3NO. The van der Waals surface area contributed by atoms with Crippen LogP contribution in [0, 0.1) is 0 Å². The van der Waals surface area contributed by atoms with Crippen LogP contribution in [-0.2, 0) is 5.88 Å². The zero-order chi connectivity index (χ0) is 10.8. The third-order valence-electron chi connectivity index (χ3n) is 1.96. The first-order chi connectivity index (χ1) is 7.24. The van der Waals surface area contributed by atoms with Crippen molar-refractivity contribution in [3.63, 3.8) is 0 Å². The lowest BCUT2D eigenvalue weighted by molar-refractivity contribution is 0.571. The Hall–Kier alpha value is -0.700. The van der Waals surface area contributed by atoms with Crippen molar-refractivity contribution in [2.45, 2.75) is 5.88 Å². The third-order valence-corrected chi connectivity index (χ3v) is 3.04. The number of benzene rings is 1. The fourth-order valence-corrected chi connectivity index (χ4v) is 1.84. The van der Waals surface area contributed by atoms with Gasteiger partial charge in [-0.3, -0.25) is 0 Å². The van der Waals surface area contributed by atoms with Crippen molar-refractivity contribution < 1.29 is 4.42 Å². The highest BCUT2D eigenvalue weighted by molar-refractivity contribution is 6.43. The van der Waals surface area contributed by atoms with Crippen LogP contribution in [0.3, 0.4) is 0 Å². The first-order valence-corrected chi connectivity index (χ1v) is 5.45. The molecule has 15 heavy (non-hydrogen) atoms. The van der Waals surface area contributed by atoms with Crippen molar-refractivity contribution in [1.82, 2.24) is 4.98 Å². The van der Waals surface area contributed by atoms with Crippen LogP contribution in [0.25, 0.3) is 11.3 Å². The van der Waals surface area contributed by atoms with Gasteiger partial charge in [0, 0.05) is 5.56 Å². The van der Waals surface area contributed by atoms with Crippen LogP contribution >= 0.6 is 34.8 Å². The molecule has 2 aromatic rings. The van der Waals surface area contributed by atoms with Crippen LogP contribution in [0.5, 0.6) is 0 Å². The molecule has 0 unspecified atom stereocenters. The Bertz CT molecular complexity index is 481. The van der Waals surface area contributed by atoms with E-state index in [1.54, 1.807) is 12.1 Å². The quantitative estimate of drug-likeness (QED) is 0.750. The molecule has 0 aliphatic rings. The molecule has 78 valence electrons. The SMILES string of the molecule is ClCc1ncoc1-c1cccc(Cl)c1Cl. The summed E-state index contributed by atoms with van der Waals surface area (Å²) in [5.41, 5.74) is 1.36. The second kappa shape index (κ2) is 4.44. The smallest absolute Gasteiger partial charge is 0.181 e. The number of halogens is 3. The average molecular weight is 263 g/mol. The minimum Gasteiger partial charge on any atom is -0.443 e. The largest absolute Gasteiger partial charge is 0.443 e. The van der Waals surface area contributed by atoms with Gasteiger partial charge < -0.3 is 4.42 Å². The summed E-state index contributed by atoms with van der Waals surface area (Å²) in [4.78, 5) is 3.98. The maximum Gasteiger partial charge on any atom is 0.181 e. The molecule has 0 amide bonds. The Morgan fingerprint density at radius 1 is 1.27 bits per heavy atom.